The summed E-state index contributed by atoms with van der Waals surface area (Å²) in [6.07, 6.45) is -4.76. The third-order valence-corrected chi connectivity index (χ3v) is 2.35. The number of ketones is 2. The summed E-state index contributed by atoms with van der Waals surface area (Å²) in [6, 6.07) is 1.55. The topological polar surface area (TPSA) is 101 Å². The summed E-state index contributed by atoms with van der Waals surface area (Å²) in [7, 11) is 0. The van der Waals surface area contributed by atoms with Gasteiger partial charge < -0.3 is 10.4 Å². The van der Waals surface area contributed by atoms with Crippen molar-refractivity contribution < 1.29 is 37.5 Å². The minimum absolute atomic E-state index is 0.316. The summed E-state index contributed by atoms with van der Waals surface area (Å²) in [4.78, 5) is 44.0. The largest absolute Gasteiger partial charge is 0.478 e. The number of hydrogen-bond acceptors (Lipinski definition) is 4. The lowest BCUT2D eigenvalue weighted by Gasteiger charge is -2.11. The van der Waals surface area contributed by atoms with Crippen molar-refractivity contribution in [3.63, 3.8) is 0 Å². The van der Waals surface area contributed by atoms with E-state index in [1.165, 1.54) is 0 Å². The maximum absolute atomic E-state index is 12.5. The number of carbonyl (C=O) groups excluding carboxylic acids is 3. The van der Waals surface area contributed by atoms with Gasteiger partial charge >= 0.3 is 12.1 Å². The van der Waals surface area contributed by atoms with Crippen LogP contribution in [0.3, 0.4) is 0 Å². The smallest absolute Gasteiger partial charge is 0.416 e. The molecule has 0 saturated carbocycles. The Morgan fingerprint density at radius 1 is 1.14 bits per heavy atom. The summed E-state index contributed by atoms with van der Waals surface area (Å²) >= 11 is 0. The molecular weight excluding hydrogens is 295 g/mol. The Kier molecular flexibility index (Phi) is 4.46. The van der Waals surface area contributed by atoms with Crippen LogP contribution in [0.25, 0.3) is 0 Å². The fourth-order valence-electron chi connectivity index (χ4n) is 1.35. The van der Waals surface area contributed by atoms with Crippen LogP contribution in [0, 0.1) is 0 Å². The first-order chi connectivity index (χ1) is 9.54. The number of Topliss-reactive ketones (excluding diaryl/α,β-unsaturated/α-hetero) is 2. The number of hydrogen-bond donors (Lipinski definition) is 2. The van der Waals surface area contributed by atoms with Crippen LogP contribution in [-0.4, -0.2) is 28.5 Å². The van der Waals surface area contributed by atoms with Crippen LogP contribution in [0.15, 0.2) is 18.2 Å². The molecule has 1 rings (SSSR count). The van der Waals surface area contributed by atoms with Gasteiger partial charge in [0, 0.05) is 6.92 Å². The number of carboxylic acid groups (broad SMARTS) is 1. The molecule has 21 heavy (non-hydrogen) atoms. The number of carbonyl (C=O) groups is 4. The van der Waals surface area contributed by atoms with E-state index in [0.717, 1.165) is 6.92 Å². The van der Waals surface area contributed by atoms with Crippen molar-refractivity contribution >= 4 is 29.1 Å². The molecule has 1 amide bonds. The van der Waals surface area contributed by atoms with Gasteiger partial charge in [0.15, 0.2) is 0 Å². The number of nitrogens with one attached hydrogen (secondary N) is 1. The lowest BCUT2D eigenvalue weighted by Crippen LogP contribution is -2.28. The summed E-state index contributed by atoms with van der Waals surface area (Å²) < 4.78 is 37.4. The third kappa shape index (κ3) is 3.88. The van der Waals surface area contributed by atoms with Gasteiger partial charge in [-0.25, -0.2) is 4.79 Å². The van der Waals surface area contributed by atoms with E-state index in [-0.39, 0.29) is 0 Å². The Morgan fingerprint density at radius 3 is 2.14 bits per heavy atom. The number of halogens is 3. The summed E-state index contributed by atoms with van der Waals surface area (Å²) in [5, 5.41) is 10.6. The van der Waals surface area contributed by atoms with Crippen LogP contribution in [0.5, 0.6) is 0 Å². The second-order valence-corrected chi connectivity index (χ2v) is 3.90. The maximum atomic E-state index is 12.5. The van der Waals surface area contributed by atoms with Crippen molar-refractivity contribution in [2.24, 2.45) is 0 Å². The molecule has 0 aliphatic rings. The van der Waals surface area contributed by atoms with E-state index < -0.39 is 46.4 Å². The fraction of sp³-hybridized carbons (Fsp3) is 0.167. The summed E-state index contributed by atoms with van der Waals surface area (Å²) in [6.45, 7) is 0.826. The maximum Gasteiger partial charge on any atom is 0.416 e. The van der Waals surface area contributed by atoms with Crippen LogP contribution in [0.1, 0.15) is 22.8 Å². The molecule has 0 aliphatic heterocycles. The molecular formula is C12H8F3NO5. The molecule has 0 unspecified atom stereocenters. The molecule has 0 bridgehead atoms. The predicted octanol–water partition coefficient (Wildman–Crippen LogP) is 1.50. The van der Waals surface area contributed by atoms with Gasteiger partial charge in [-0.15, -0.1) is 0 Å². The Balaban J connectivity index is 3.20. The molecule has 9 heteroatoms. The zero-order valence-corrected chi connectivity index (χ0v) is 10.4. The second-order valence-electron chi connectivity index (χ2n) is 3.90. The van der Waals surface area contributed by atoms with Gasteiger partial charge in [-0.1, -0.05) is 0 Å². The standard InChI is InChI=1S/C12H8F3NO5/c1-5(17)9(18)10(19)16-8-3-2-6(12(13,14)15)4-7(8)11(20)21/h2-4H,1H3,(H,16,19)(H,20,21). The lowest BCUT2D eigenvalue weighted by molar-refractivity contribution is -0.142. The first kappa shape index (κ1) is 16.3. The van der Waals surface area contributed by atoms with Gasteiger partial charge in [0.05, 0.1) is 16.8 Å². The van der Waals surface area contributed by atoms with Crippen molar-refractivity contribution in [2.75, 3.05) is 5.32 Å². The molecule has 0 aliphatic carbocycles. The molecule has 0 aromatic heterocycles. The first-order valence-electron chi connectivity index (χ1n) is 5.35. The summed E-state index contributed by atoms with van der Waals surface area (Å²) in [5.74, 6) is -5.68. The number of aromatic carboxylic acids is 1. The van der Waals surface area contributed by atoms with E-state index in [2.05, 4.69) is 0 Å². The van der Waals surface area contributed by atoms with Crippen molar-refractivity contribution in [2.45, 2.75) is 13.1 Å². The molecule has 0 fully saturated rings. The van der Waals surface area contributed by atoms with Crippen LogP contribution < -0.4 is 5.32 Å². The third-order valence-electron chi connectivity index (χ3n) is 2.35. The molecule has 1 aromatic rings. The van der Waals surface area contributed by atoms with Gasteiger partial charge in [0.1, 0.15) is 0 Å². The number of rotatable bonds is 4. The molecule has 2 N–H and O–H groups in total. The van der Waals surface area contributed by atoms with Gasteiger partial charge in [-0.2, -0.15) is 13.2 Å². The highest BCUT2D eigenvalue weighted by molar-refractivity contribution is 6.65. The molecule has 1 aromatic carbocycles. The van der Waals surface area contributed by atoms with Gasteiger partial charge in [0.25, 0.3) is 11.7 Å². The average molecular weight is 303 g/mol. The normalized spacial score (nSPS) is 10.9. The van der Waals surface area contributed by atoms with E-state index in [0.29, 0.717) is 18.2 Å². The van der Waals surface area contributed by atoms with Gasteiger partial charge in [-0.05, 0) is 18.2 Å². The van der Waals surface area contributed by atoms with Crippen molar-refractivity contribution in [1.82, 2.24) is 0 Å². The van der Waals surface area contributed by atoms with Crippen LogP contribution in [0.4, 0.5) is 18.9 Å². The zero-order valence-electron chi connectivity index (χ0n) is 10.4. The van der Waals surface area contributed by atoms with E-state index >= 15 is 0 Å². The van der Waals surface area contributed by atoms with Gasteiger partial charge in [-0.3, -0.25) is 14.4 Å². The molecule has 0 radical (unpaired) electrons. The second kappa shape index (κ2) is 5.73. The monoisotopic (exact) mass is 303 g/mol. The Hall–Kier alpha value is -2.71. The van der Waals surface area contributed by atoms with Crippen molar-refractivity contribution in [3.05, 3.63) is 29.3 Å². The number of anilines is 1. The van der Waals surface area contributed by atoms with Crippen LogP contribution in [0.2, 0.25) is 0 Å². The first-order valence-corrected chi connectivity index (χ1v) is 5.35. The number of benzene rings is 1. The van der Waals surface area contributed by atoms with E-state index in [4.69, 9.17) is 5.11 Å². The zero-order chi connectivity index (χ0) is 16.4. The minimum atomic E-state index is -4.76. The van der Waals surface area contributed by atoms with Gasteiger partial charge in [0.2, 0.25) is 5.78 Å². The molecule has 0 spiro atoms. The molecule has 0 atom stereocenters. The Bertz CT molecular complexity index is 636. The van der Waals surface area contributed by atoms with Crippen molar-refractivity contribution in [3.8, 4) is 0 Å². The van der Waals surface area contributed by atoms with E-state index in [9.17, 15) is 32.3 Å². The highest BCUT2D eigenvalue weighted by Crippen LogP contribution is 2.31. The molecule has 0 saturated heterocycles. The van der Waals surface area contributed by atoms with Crippen LogP contribution in [-0.2, 0) is 20.6 Å². The molecule has 6 nitrogen and oxygen atoms in total. The average Bonchev–Trinajstić information content (AvgIpc) is 2.36. The fourth-order valence-corrected chi connectivity index (χ4v) is 1.35. The highest BCUT2D eigenvalue weighted by Gasteiger charge is 2.32. The molecule has 112 valence electrons. The quantitative estimate of drug-likeness (QED) is 0.648. The summed E-state index contributed by atoms with van der Waals surface area (Å²) in [5.41, 5.74) is -2.60. The highest BCUT2D eigenvalue weighted by atomic mass is 19.4. The SMILES string of the molecule is CC(=O)C(=O)C(=O)Nc1ccc(C(F)(F)F)cc1C(=O)O. The number of amides is 1. The van der Waals surface area contributed by atoms with E-state index in [1.807, 2.05) is 0 Å². The lowest BCUT2D eigenvalue weighted by atomic mass is 10.1. The number of alkyl halides is 3. The predicted molar refractivity (Wildman–Crippen MR) is 62.7 cm³/mol. The number of carboxylic acids is 1. The molecule has 0 heterocycles. The van der Waals surface area contributed by atoms with Crippen molar-refractivity contribution in [1.29, 1.82) is 0 Å². The Morgan fingerprint density at radius 2 is 1.71 bits per heavy atom. The Labute approximate surface area is 115 Å². The van der Waals surface area contributed by atoms with E-state index in [1.54, 1.807) is 5.32 Å². The van der Waals surface area contributed by atoms with Crippen LogP contribution >= 0.6 is 0 Å². The minimum Gasteiger partial charge on any atom is -0.478 e.